The molecule has 0 aliphatic rings. The lowest BCUT2D eigenvalue weighted by molar-refractivity contribution is -0.117. The molecule has 0 spiro atoms. The fraction of sp³-hybridized carbons (Fsp3) is 0.333. The second-order valence-corrected chi connectivity index (χ2v) is 3.61. The van der Waals surface area contributed by atoms with Crippen LogP contribution in [0.5, 0.6) is 0 Å². The third-order valence-corrected chi connectivity index (χ3v) is 2.39. The van der Waals surface area contributed by atoms with Crippen LogP contribution < -0.4 is 5.73 Å². The molecule has 1 aromatic rings. The van der Waals surface area contributed by atoms with Crippen molar-refractivity contribution in [3.05, 3.63) is 35.4 Å². The fourth-order valence-corrected chi connectivity index (χ4v) is 1.59. The van der Waals surface area contributed by atoms with Crippen LogP contribution in [0.3, 0.4) is 0 Å². The van der Waals surface area contributed by atoms with Gasteiger partial charge in [-0.25, -0.2) is 0 Å². The number of hydrogen-bond donors (Lipinski definition) is 2. The number of rotatable bonds is 5. The molecule has 4 heteroatoms. The van der Waals surface area contributed by atoms with Crippen molar-refractivity contribution in [1.82, 2.24) is 0 Å². The molecule has 0 amide bonds. The van der Waals surface area contributed by atoms with Gasteiger partial charge in [-0.15, -0.1) is 0 Å². The number of benzene rings is 1. The number of aryl methyl sites for hydroxylation is 1. The Hall–Kier alpha value is -1.84. The van der Waals surface area contributed by atoms with E-state index in [0.717, 1.165) is 17.5 Å². The third-order valence-electron chi connectivity index (χ3n) is 2.39. The van der Waals surface area contributed by atoms with E-state index in [1.165, 1.54) is 0 Å². The van der Waals surface area contributed by atoms with Gasteiger partial charge in [0.05, 0.1) is 6.42 Å². The van der Waals surface area contributed by atoms with E-state index in [2.05, 4.69) is 5.16 Å². The van der Waals surface area contributed by atoms with Gasteiger partial charge in [-0.2, -0.15) is 0 Å². The second-order valence-electron chi connectivity index (χ2n) is 3.61. The van der Waals surface area contributed by atoms with Crippen molar-refractivity contribution in [3.63, 3.8) is 0 Å². The van der Waals surface area contributed by atoms with E-state index in [4.69, 9.17) is 10.9 Å². The molecule has 4 nitrogen and oxygen atoms in total. The number of amidine groups is 1. The lowest BCUT2D eigenvalue weighted by atomic mass is 9.99. The van der Waals surface area contributed by atoms with Gasteiger partial charge in [0.1, 0.15) is 11.6 Å². The molecule has 0 unspecified atom stereocenters. The smallest absolute Gasteiger partial charge is 0.146 e. The van der Waals surface area contributed by atoms with E-state index in [1.807, 2.05) is 31.2 Å². The van der Waals surface area contributed by atoms with E-state index in [9.17, 15) is 4.79 Å². The van der Waals surface area contributed by atoms with E-state index >= 15 is 0 Å². The predicted molar refractivity (Wildman–Crippen MR) is 62.6 cm³/mol. The average molecular weight is 220 g/mol. The Morgan fingerprint density at radius 2 is 2.00 bits per heavy atom. The molecule has 0 aromatic heterocycles. The Bertz CT molecular complexity index is 400. The molecule has 0 aliphatic heterocycles. The maximum Gasteiger partial charge on any atom is 0.146 e. The van der Waals surface area contributed by atoms with Gasteiger partial charge in [-0.05, 0) is 17.5 Å². The minimum absolute atomic E-state index is 0.00541. The zero-order valence-corrected chi connectivity index (χ0v) is 9.31. The molecule has 0 fully saturated rings. The number of hydrogen-bond acceptors (Lipinski definition) is 3. The van der Waals surface area contributed by atoms with Crippen molar-refractivity contribution < 1.29 is 10.0 Å². The van der Waals surface area contributed by atoms with Crippen LogP contribution in [0.15, 0.2) is 29.4 Å². The van der Waals surface area contributed by atoms with Gasteiger partial charge < -0.3 is 10.9 Å². The molecule has 0 saturated heterocycles. The van der Waals surface area contributed by atoms with Crippen molar-refractivity contribution >= 4 is 11.6 Å². The predicted octanol–water partition coefficient (Wildman–Crippen LogP) is 1.50. The summed E-state index contributed by atoms with van der Waals surface area (Å²) in [5.74, 6) is -0.0878. The van der Waals surface area contributed by atoms with Gasteiger partial charge >= 0.3 is 0 Å². The quantitative estimate of drug-likeness (QED) is 0.341. The second kappa shape index (κ2) is 5.90. The Labute approximate surface area is 94.8 Å². The first-order valence-corrected chi connectivity index (χ1v) is 5.22. The molecule has 0 aliphatic carbocycles. The van der Waals surface area contributed by atoms with E-state index in [1.54, 1.807) is 0 Å². The highest BCUT2D eigenvalue weighted by molar-refractivity contribution is 6.00. The van der Waals surface area contributed by atoms with Gasteiger partial charge in [0, 0.05) is 6.42 Å². The van der Waals surface area contributed by atoms with Crippen LogP contribution >= 0.6 is 0 Å². The summed E-state index contributed by atoms with van der Waals surface area (Å²) in [6.07, 6.45) is 1.22. The summed E-state index contributed by atoms with van der Waals surface area (Å²) in [6.45, 7) is 2.05. The zero-order valence-electron chi connectivity index (χ0n) is 9.31. The third kappa shape index (κ3) is 3.38. The lowest BCUT2D eigenvalue weighted by Gasteiger charge is -2.06. The summed E-state index contributed by atoms with van der Waals surface area (Å²) in [5.41, 5.74) is 7.45. The number of Topliss-reactive ketones (excluding diaryl/α,β-unsaturated/α-hetero) is 1. The molecule has 0 saturated carbocycles. The van der Waals surface area contributed by atoms with E-state index in [0.29, 0.717) is 6.42 Å². The van der Waals surface area contributed by atoms with Gasteiger partial charge in [0.25, 0.3) is 0 Å². The van der Waals surface area contributed by atoms with Gasteiger partial charge in [0.15, 0.2) is 0 Å². The fourth-order valence-electron chi connectivity index (χ4n) is 1.59. The SMILES string of the molecule is CCc1ccccc1CC(=O)C/C(N)=N/O. The summed E-state index contributed by atoms with van der Waals surface area (Å²) in [5, 5.41) is 11.1. The van der Waals surface area contributed by atoms with Gasteiger partial charge in [-0.3, -0.25) is 4.79 Å². The summed E-state index contributed by atoms with van der Waals surface area (Å²) < 4.78 is 0. The molecule has 1 aromatic carbocycles. The Kier molecular flexibility index (Phi) is 4.51. The number of nitrogens with zero attached hydrogens (tertiary/aromatic N) is 1. The molecule has 0 atom stereocenters. The maximum absolute atomic E-state index is 11.6. The summed E-state index contributed by atoms with van der Waals surface area (Å²) in [6, 6.07) is 7.80. The minimum Gasteiger partial charge on any atom is -0.409 e. The molecular weight excluding hydrogens is 204 g/mol. The number of carbonyl (C=O) groups excluding carboxylic acids is 1. The first kappa shape index (κ1) is 12.2. The molecule has 3 N–H and O–H groups in total. The first-order valence-electron chi connectivity index (χ1n) is 5.22. The Balaban J connectivity index is 2.69. The number of oxime groups is 1. The average Bonchev–Trinajstić information content (AvgIpc) is 2.29. The van der Waals surface area contributed by atoms with E-state index < -0.39 is 0 Å². The number of ketones is 1. The monoisotopic (exact) mass is 220 g/mol. The number of carbonyl (C=O) groups is 1. The highest BCUT2D eigenvalue weighted by Gasteiger charge is 2.08. The molecule has 0 bridgehead atoms. The molecule has 0 heterocycles. The van der Waals surface area contributed by atoms with Crippen LogP contribution in [-0.2, 0) is 17.6 Å². The minimum atomic E-state index is -0.0452. The van der Waals surface area contributed by atoms with Gasteiger partial charge in [0.2, 0.25) is 0 Å². The summed E-state index contributed by atoms with van der Waals surface area (Å²) >= 11 is 0. The van der Waals surface area contributed by atoms with Crippen LogP contribution in [0.2, 0.25) is 0 Å². The van der Waals surface area contributed by atoms with Crippen molar-refractivity contribution in [3.8, 4) is 0 Å². The van der Waals surface area contributed by atoms with Crippen LogP contribution in [-0.4, -0.2) is 16.8 Å². The first-order chi connectivity index (χ1) is 7.67. The Morgan fingerprint density at radius 1 is 1.38 bits per heavy atom. The van der Waals surface area contributed by atoms with Crippen molar-refractivity contribution in [2.75, 3.05) is 0 Å². The zero-order chi connectivity index (χ0) is 12.0. The molecule has 86 valence electrons. The van der Waals surface area contributed by atoms with Gasteiger partial charge in [-0.1, -0.05) is 36.3 Å². The lowest BCUT2D eigenvalue weighted by Crippen LogP contribution is -2.18. The molecule has 16 heavy (non-hydrogen) atoms. The van der Waals surface area contributed by atoms with Crippen LogP contribution in [0, 0.1) is 0 Å². The normalized spacial score (nSPS) is 11.4. The molecule has 1 rings (SSSR count). The van der Waals surface area contributed by atoms with E-state index in [-0.39, 0.29) is 18.0 Å². The van der Waals surface area contributed by atoms with Crippen LogP contribution in [0.1, 0.15) is 24.5 Å². The summed E-state index contributed by atoms with van der Waals surface area (Å²) in [7, 11) is 0. The van der Waals surface area contributed by atoms with Crippen LogP contribution in [0.4, 0.5) is 0 Å². The summed E-state index contributed by atoms with van der Waals surface area (Å²) in [4.78, 5) is 11.6. The van der Waals surface area contributed by atoms with Crippen molar-refractivity contribution in [2.45, 2.75) is 26.2 Å². The maximum atomic E-state index is 11.6. The van der Waals surface area contributed by atoms with Crippen LogP contribution in [0.25, 0.3) is 0 Å². The van der Waals surface area contributed by atoms with Crippen molar-refractivity contribution in [1.29, 1.82) is 0 Å². The topological polar surface area (TPSA) is 75.7 Å². The highest BCUT2D eigenvalue weighted by atomic mass is 16.4. The standard InChI is InChI=1S/C12H16N2O2/c1-2-9-5-3-4-6-10(9)7-11(15)8-12(13)14-16/h3-6,16H,2,7-8H2,1H3,(H2,13,14). The molecule has 0 radical (unpaired) electrons. The number of nitrogens with two attached hydrogens (primary N) is 1. The van der Waals surface area contributed by atoms with Crippen molar-refractivity contribution in [2.24, 2.45) is 10.9 Å². The largest absolute Gasteiger partial charge is 0.409 e. The molecular formula is C12H16N2O2. The highest BCUT2D eigenvalue weighted by Crippen LogP contribution is 2.11. The Morgan fingerprint density at radius 3 is 2.56 bits per heavy atom.